The van der Waals surface area contributed by atoms with E-state index in [0.717, 1.165) is 0 Å². The summed E-state index contributed by atoms with van der Waals surface area (Å²) in [6.07, 6.45) is -3.25. The van der Waals surface area contributed by atoms with Gasteiger partial charge in [0, 0.05) is 0 Å². The fraction of sp³-hybridized carbons (Fsp3) is 0.750. The van der Waals surface area contributed by atoms with E-state index in [4.69, 9.17) is 0 Å². The monoisotopic (exact) mass is 120 g/mol. The quantitative estimate of drug-likeness (QED) is 0.444. The van der Waals surface area contributed by atoms with Crippen LogP contribution in [0.5, 0.6) is 0 Å². The zero-order valence-electron chi connectivity index (χ0n) is 4.26. The first kappa shape index (κ1) is 5.34. The number of cyclic esters (lactones) is 2. The Morgan fingerprint density at radius 3 is 2.38 bits per heavy atom. The van der Waals surface area contributed by atoms with Crippen LogP contribution < -0.4 is 0 Å². The standard InChI is InChI=1S/C4H5FO3/c1-2-3(5)8-4(6)7-2/h2-3H,1H3. The molecule has 2 atom stereocenters. The van der Waals surface area contributed by atoms with Gasteiger partial charge in [0.2, 0.25) is 0 Å². The fourth-order valence-corrected chi connectivity index (χ4v) is 0.421. The predicted molar refractivity (Wildman–Crippen MR) is 21.9 cm³/mol. The van der Waals surface area contributed by atoms with Gasteiger partial charge >= 0.3 is 6.16 Å². The van der Waals surface area contributed by atoms with Gasteiger partial charge < -0.3 is 9.47 Å². The van der Waals surface area contributed by atoms with Crippen molar-refractivity contribution in [1.82, 2.24) is 0 Å². The highest BCUT2D eigenvalue weighted by molar-refractivity contribution is 5.62. The van der Waals surface area contributed by atoms with Crippen LogP contribution >= 0.6 is 0 Å². The molecule has 1 rings (SSSR count). The second kappa shape index (κ2) is 1.61. The lowest BCUT2D eigenvalue weighted by Gasteiger charge is -1.96. The molecule has 1 heterocycles. The van der Waals surface area contributed by atoms with E-state index in [1.807, 2.05) is 0 Å². The minimum absolute atomic E-state index is 0.748. The van der Waals surface area contributed by atoms with Crippen LogP contribution in [-0.2, 0) is 9.47 Å². The van der Waals surface area contributed by atoms with Crippen molar-refractivity contribution in [2.75, 3.05) is 0 Å². The van der Waals surface area contributed by atoms with Crippen molar-refractivity contribution in [2.45, 2.75) is 19.4 Å². The molecular formula is C4H5FO3. The predicted octanol–water partition coefficient (Wildman–Crippen LogP) is 0.837. The van der Waals surface area contributed by atoms with E-state index in [2.05, 4.69) is 9.47 Å². The molecular weight excluding hydrogens is 115 g/mol. The van der Waals surface area contributed by atoms with Crippen molar-refractivity contribution in [3.8, 4) is 0 Å². The van der Waals surface area contributed by atoms with Crippen LogP contribution in [0.2, 0.25) is 0 Å². The van der Waals surface area contributed by atoms with Gasteiger partial charge in [-0.05, 0) is 6.92 Å². The molecule has 0 aromatic carbocycles. The van der Waals surface area contributed by atoms with Crippen molar-refractivity contribution < 1.29 is 18.7 Å². The van der Waals surface area contributed by atoms with Gasteiger partial charge in [-0.3, -0.25) is 0 Å². The Morgan fingerprint density at radius 2 is 2.25 bits per heavy atom. The molecule has 0 spiro atoms. The molecule has 0 aliphatic carbocycles. The average molecular weight is 120 g/mol. The first-order valence-electron chi connectivity index (χ1n) is 2.21. The molecule has 0 radical (unpaired) electrons. The summed E-state index contributed by atoms with van der Waals surface area (Å²) in [6, 6.07) is 0. The van der Waals surface area contributed by atoms with Crippen molar-refractivity contribution in [3.63, 3.8) is 0 Å². The summed E-state index contributed by atoms with van der Waals surface area (Å²) in [6.45, 7) is 1.43. The third-order valence-corrected chi connectivity index (χ3v) is 0.860. The summed E-state index contributed by atoms with van der Waals surface area (Å²) in [5.74, 6) is 0. The summed E-state index contributed by atoms with van der Waals surface area (Å²) in [7, 11) is 0. The topological polar surface area (TPSA) is 35.5 Å². The maximum absolute atomic E-state index is 12.0. The Balaban J connectivity index is 2.51. The smallest absolute Gasteiger partial charge is 0.424 e. The molecule has 0 N–H and O–H groups in total. The van der Waals surface area contributed by atoms with Crippen molar-refractivity contribution >= 4 is 6.16 Å². The van der Waals surface area contributed by atoms with Crippen molar-refractivity contribution in [1.29, 1.82) is 0 Å². The van der Waals surface area contributed by atoms with Crippen LogP contribution in [0.25, 0.3) is 0 Å². The normalized spacial score (nSPS) is 36.5. The van der Waals surface area contributed by atoms with Gasteiger partial charge in [0.05, 0.1) is 0 Å². The lowest BCUT2D eigenvalue weighted by Crippen LogP contribution is -2.11. The molecule has 1 saturated heterocycles. The van der Waals surface area contributed by atoms with Crippen molar-refractivity contribution in [3.05, 3.63) is 0 Å². The number of hydrogen-bond donors (Lipinski definition) is 0. The second-order valence-corrected chi connectivity index (χ2v) is 1.54. The molecule has 4 heteroatoms. The molecule has 1 aliphatic rings. The highest BCUT2D eigenvalue weighted by Crippen LogP contribution is 2.14. The van der Waals surface area contributed by atoms with Gasteiger partial charge in [0.15, 0.2) is 6.10 Å². The van der Waals surface area contributed by atoms with E-state index in [-0.39, 0.29) is 0 Å². The van der Waals surface area contributed by atoms with E-state index in [1.54, 1.807) is 0 Å². The zero-order valence-corrected chi connectivity index (χ0v) is 4.26. The molecule has 3 nitrogen and oxygen atoms in total. The van der Waals surface area contributed by atoms with Crippen LogP contribution in [0.15, 0.2) is 0 Å². The number of hydrogen-bond acceptors (Lipinski definition) is 3. The van der Waals surface area contributed by atoms with Crippen LogP contribution in [-0.4, -0.2) is 18.6 Å². The Morgan fingerprint density at radius 1 is 1.62 bits per heavy atom. The van der Waals surface area contributed by atoms with Crippen molar-refractivity contribution in [2.24, 2.45) is 0 Å². The summed E-state index contributed by atoms with van der Waals surface area (Å²) in [5, 5.41) is 0. The summed E-state index contributed by atoms with van der Waals surface area (Å²) in [5.41, 5.74) is 0. The van der Waals surface area contributed by atoms with Gasteiger partial charge in [-0.1, -0.05) is 0 Å². The van der Waals surface area contributed by atoms with Gasteiger partial charge in [-0.25, -0.2) is 4.79 Å². The first-order chi connectivity index (χ1) is 3.70. The van der Waals surface area contributed by atoms with Gasteiger partial charge in [-0.2, -0.15) is 4.39 Å². The minimum Gasteiger partial charge on any atom is -0.424 e. The first-order valence-corrected chi connectivity index (χ1v) is 2.21. The third kappa shape index (κ3) is 0.731. The van der Waals surface area contributed by atoms with E-state index in [9.17, 15) is 9.18 Å². The maximum Gasteiger partial charge on any atom is 0.511 e. The number of halogens is 1. The average Bonchev–Trinajstić information content (AvgIpc) is 1.85. The maximum atomic E-state index is 12.0. The molecule has 0 amide bonds. The number of carbonyl (C=O) groups is 1. The summed E-state index contributed by atoms with van der Waals surface area (Å²) in [4.78, 5) is 9.98. The molecule has 0 aromatic heterocycles. The lowest BCUT2D eigenvalue weighted by atomic mass is 10.4. The molecule has 0 aromatic rings. The van der Waals surface area contributed by atoms with Crippen LogP contribution in [0.1, 0.15) is 6.92 Å². The Hall–Kier alpha value is -0.800. The molecule has 1 fully saturated rings. The third-order valence-electron chi connectivity index (χ3n) is 0.860. The highest BCUT2D eigenvalue weighted by atomic mass is 19.1. The van der Waals surface area contributed by atoms with Gasteiger partial charge in [-0.15, -0.1) is 0 Å². The molecule has 1 aliphatic heterocycles. The van der Waals surface area contributed by atoms with Crippen LogP contribution in [0, 0.1) is 0 Å². The summed E-state index contributed by atoms with van der Waals surface area (Å²) >= 11 is 0. The van der Waals surface area contributed by atoms with Crippen LogP contribution in [0.3, 0.4) is 0 Å². The summed E-state index contributed by atoms with van der Waals surface area (Å²) < 4.78 is 20.2. The van der Waals surface area contributed by atoms with Gasteiger partial charge in [0.1, 0.15) is 0 Å². The number of carbonyl (C=O) groups excluding carboxylic acids is 1. The van der Waals surface area contributed by atoms with Crippen LogP contribution in [0.4, 0.5) is 9.18 Å². The lowest BCUT2D eigenvalue weighted by molar-refractivity contribution is 0.0374. The zero-order chi connectivity index (χ0) is 6.15. The largest absolute Gasteiger partial charge is 0.511 e. The number of ether oxygens (including phenoxy) is 2. The molecule has 0 bridgehead atoms. The van der Waals surface area contributed by atoms with E-state index >= 15 is 0 Å². The number of alkyl halides is 1. The van der Waals surface area contributed by atoms with E-state index < -0.39 is 18.6 Å². The minimum atomic E-state index is -1.58. The number of rotatable bonds is 0. The second-order valence-electron chi connectivity index (χ2n) is 1.54. The Kier molecular flexibility index (Phi) is 1.08. The molecule has 2 unspecified atom stereocenters. The fourth-order valence-electron chi connectivity index (χ4n) is 0.421. The van der Waals surface area contributed by atoms with Gasteiger partial charge in [0.25, 0.3) is 6.36 Å². The van der Waals surface area contributed by atoms with E-state index in [1.165, 1.54) is 6.92 Å². The molecule has 0 saturated carbocycles. The SMILES string of the molecule is CC1OC(=O)OC1F. The highest BCUT2D eigenvalue weighted by Gasteiger charge is 2.32. The Labute approximate surface area is 45.4 Å². The van der Waals surface area contributed by atoms with E-state index in [0.29, 0.717) is 0 Å². The molecule has 46 valence electrons. The molecule has 8 heavy (non-hydrogen) atoms. The Bertz CT molecular complexity index is 102.